The molecular weight excluding hydrogens is 1810 g/mol. The molecule has 29 heteroatoms. The minimum absolute atomic E-state index is 0.0201. The number of nitrogen functional groups attached to an aromatic ring is 1. The van der Waals surface area contributed by atoms with Gasteiger partial charge >= 0.3 is 0 Å². The Balaban J connectivity index is 0.000000105. The number of nitrogens with two attached hydrogens (primary N) is 1. The van der Waals surface area contributed by atoms with Crippen LogP contribution in [0.25, 0.3) is 173 Å². The molecule has 0 fully saturated rings. The van der Waals surface area contributed by atoms with E-state index in [4.69, 9.17) is 23.4 Å². The SMILES string of the molecule is CC(=O)Nc1cc2nc3ccccc3oc-2cc1=O.CN(C)c1ccc2nc3ccc(=O)cc-3sc2c1.Cc1cc2nc3ccccc3oc-2cc1=O.Cc1cc2nc3ccccc3sc-2c(Br)c1=O.Cc1cc2nc3ccccc3sc-2cc1=O.Nc1cc2nc3ccccc3oc-2cc1=O.O=c1ccc2nc3ccccc3oc-2c1.O=c1ccc2nc3ccccc3sc-2c1. The van der Waals surface area contributed by atoms with Gasteiger partial charge in [0, 0.05) is 69.2 Å². The summed E-state index contributed by atoms with van der Waals surface area (Å²) in [5.74, 6) is 1.63. The van der Waals surface area contributed by atoms with Gasteiger partial charge in [-0.25, -0.2) is 39.9 Å². The van der Waals surface area contributed by atoms with Crippen molar-refractivity contribution < 1.29 is 22.5 Å². The highest BCUT2D eigenvalue weighted by Gasteiger charge is 2.20. The molecule has 1 amide bonds. The van der Waals surface area contributed by atoms with Gasteiger partial charge < -0.3 is 33.6 Å². The molecule has 0 saturated carbocycles. The number of anilines is 3. The number of hydrogen-bond acceptors (Lipinski definition) is 27. The molecule has 8 aliphatic carbocycles. The van der Waals surface area contributed by atoms with E-state index in [9.17, 15) is 43.2 Å². The second-order valence-electron chi connectivity index (χ2n) is 30.1. The Bertz CT molecular complexity index is 8340. The predicted molar refractivity (Wildman–Crippen MR) is 533 cm³/mol. The van der Waals surface area contributed by atoms with Gasteiger partial charge in [0.1, 0.15) is 44.8 Å². The molecule has 24 rings (SSSR count). The molecule has 0 unspecified atom stereocenters. The third-order valence-corrected chi connectivity index (χ3v) is 25.8. The quantitative estimate of drug-likeness (QED) is 0.120. The number of para-hydroxylation sites is 11. The van der Waals surface area contributed by atoms with Crippen LogP contribution in [0, 0.1) is 20.8 Å². The predicted octanol–water partition coefficient (Wildman–Crippen LogP) is 21.5. The number of fused-ring (bicyclic) bond motifs is 16. The summed E-state index contributed by atoms with van der Waals surface area (Å²) < 4.78 is 27.4. The highest BCUT2D eigenvalue weighted by atomic mass is 79.9. The Kier molecular flexibility index (Phi) is 25.7. The summed E-state index contributed by atoms with van der Waals surface area (Å²) in [5.41, 5.74) is 24.5. The van der Waals surface area contributed by atoms with Crippen LogP contribution in [0.4, 0.5) is 17.1 Å². The van der Waals surface area contributed by atoms with Gasteiger partial charge in [0.2, 0.25) is 16.8 Å². The molecule has 0 spiro atoms. The lowest BCUT2D eigenvalue weighted by atomic mass is 10.1. The van der Waals surface area contributed by atoms with Crippen LogP contribution in [0.2, 0.25) is 0 Å². The van der Waals surface area contributed by atoms with Gasteiger partial charge in [-0.2, -0.15) is 0 Å². The van der Waals surface area contributed by atoms with E-state index in [1.165, 1.54) is 49.4 Å². The van der Waals surface area contributed by atoms with Crippen LogP contribution < -0.4 is 59.4 Å². The van der Waals surface area contributed by atoms with Gasteiger partial charge in [0.25, 0.3) is 0 Å². The second kappa shape index (κ2) is 38.5. The lowest BCUT2D eigenvalue weighted by molar-refractivity contribution is -0.114. The molecule has 0 atom stereocenters. The molecule has 8 heterocycles. The van der Waals surface area contributed by atoms with Crippen molar-refractivity contribution >= 4 is 170 Å². The molecule has 646 valence electrons. The van der Waals surface area contributed by atoms with Crippen LogP contribution in [-0.4, -0.2) is 59.9 Å². The summed E-state index contributed by atoms with van der Waals surface area (Å²) in [5, 5.41) is 2.48. The van der Waals surface area contributed by atoms with E-state index >= 15 is 0 Å². The van der Waals surface area contributed by atoms with E-state index in [0.29, 0.717) is 78.0 Å². The Labute approximate surface area is 772 Å². The van der Waals surface area contributed by atoms with Crippen LogP contribution in [0.1, 0.15) is 23.6 Å². The van der Waals surface area contributed by atoms with Gasteiger partial charge in [-0.1, -0.05) is 84.9 Å². The maximum Gasteiger partial charge on any atom is 0.221 e. The van der Waals surface area contributed by atoms with E-state index in [2.05, 4.69) is 78.2 Å². The summed E-state index contributed by atoms with van der Waals surface area (Å²) in [6, 6.07) is 88.7. The molecule has 0 bridgehead atoms. The molecule has 132 heavy (non-hydrogen) atoms. The minimum Gasteiger partial charge on any atom is -0.453 e. The zero-order chi connectivity index (χ0) is 92.0. The van der Waals surface area contributed by atoms with E-state index in [1.54, 1.807) is 113 Å². The number of halogens is 1. The Morgan fingerprint density at radius 1 is 0.326 bits per heavy atom. The van der Waals surface area contributed by atoms with E-state index in [1.807, 2.05) is 210 Å². The molecule has 0 radical (unpaired) electrons. The third-order valence-electron chi connectivity index (χ3n) is 20.3. The zero-order valence-electron chi connectivity index (χ0n) is 70.7. The van der Waals surface area contributed by atoms with Crippen molar-refractivity contribution in [1.29, 1.82) is 0 Å². The number of aryl methyl sites for hydroxylation is 3. The van der Waals surface area contributed by atoms with E-state index in [-0.39, 0.29) is 60.7 Å². The summed E-state index contributed by atoms with van der Waals surface area (Å²) in [4.78, 5) is 144. The molecule has 0 aromatic heterocycles. The maximum absolute atomic E-state index is 11.9. The van der Waals surface area contributed by atoms with Crippen molar-refractivity contribution in [2.45, 2.75) is 27.7 Å². The lowest BCUT2D eigenvalue weighted by Gasteiger charge is -2.13. The summed E-state index contributed by atoms with van der Waals surface area (Å²) in [6.45, 7) is 6.76. The maximum atomic E-state index is 11.9. The zero-order valence-corrected chi connectivity index (χ0v) is 75.6. The first kappa shape index (κ1) is 88.0. The topological polar surface area (TPSA) is 351 Å². The number of nitrogens with one attached hydrogen (secondary N) is 1. The van der Waals surface area contributed by atoms with Crippen molar-refractivity contribution in [2.24, 2.45) is 0 Å². The van der Waals surface area contributed by atoms with Crippen LogP contribution in [0.3, 0.4) is 0 Å². The van der Waals surface area contributed by atoms with Crippen molar-refractivity contribution in [3.63, 3.8) is 0 Å². The van der Waals surface area contributed by atoms with Gasteiger partial charge in [-0.3, -0.25) is 43.2 Å². The highest BCUT2D eigenvalue weighted by molar-refractivity contribution is 9.10. The number of carbonyl (C=O) groups excluding carboxylic acids is 1. The van der Waals surface area contributed by atoms with Crippen LogP contribution in [0.5, 0.6) is 0 Å². The number of amides is 1. The molecule has 8 aromatic rings. The molecule has 0 saturated heterocycles. The first-order valence-corrected chi connectivity index (χ1v) is 44.8. The van der Waals surface area contributed by atoms with Crippen molar-refractivity contribution in [3.05, 3.63) is 400 Å². The van der Waals surface area contributed by atoms with Crippen LogP contribution >= 0.6 is 61.3 Å². The molecule has 3 N–H and O–H groups in total. The fraction of sp³-hybridized carbons (Fsp3) is 0.0583. The van der Waals surface area contributed by atoms with Gasteiger partial charge in [-0.15, -0.1) is 45.3 Å². The average Bonchev–Trinajstić information content (AvgIpc) is 0.785. The van der Waals surface area contributed by atoms with Crippen LogP contribution in [0.15, 0.2) is 358 Å². The van der Waals surface area contributed by atoms with E-state index in [0.717, 1.165) is 122 Å². The molecular formula is C103H70BrN11O13S4. The number of hydrogen-bond donors (Lipinski definition) is 2. The second-order valence-corrected chi connectivity index (χ2v) is 35.2. The minimum atomic E-state index is -0.302. The normalized spacial score (nSPS) is 11.0. The van der Waals surface area contributed by atoms with Crippen molar-refractivity contribution in [1.82, 2.24) is 39.9 Å². The summed E-state index contributed by atoms with van der Waals surface area (Å²) in [7, 11) is 4.02. The summed E-state index contributed by atoms with van der Waals surface area (Å²) in [6.07, 6.45) is 0. The van der Waals surface area contributed by atoms with Crippen molar-refractivity contribution in [3.8, 4) is 88.1 Å². The lowest BCUT2D eigenvalue weighted by Crippen LogP contribution is -2.15. The fourth-order valence-electron chi connectivity index (χ4n) is 13.7. The number of nitrogens with zero attached hydrogens (tertiary/aromatic N) is 9. The molecule has 24 nitrogen and oxygen atoms in total. The number of carbonyl (C=O) groups is 1. The van der Waals surface area contributed by atoms with Crippen LogP contribution in [-0.2, 0) is 4.79 Å². The molecule has 16 aliphatic rings. The van der Waals surface area contributed by atoms with Gasteiger partial charge in [0.05, 0.1) is 99.0 Å². The fourth-order valence-corrected chi connectivity index (χ4v) is 18.4. The Morgan fingerprint density at radius 2 is 0.682 bits per heavy atom. The van der Waals surface area contributed by atoms with E-state index < -0.39 is 0 Å². The standard InChI is InChI=1S/C14H10N2O3.C14H12N2OS.C13H8BrNOS.C13H9NO2.C13H9NOS.C12H8N2O2.C12H7NO2.C12H7NOS/c1-8(17)15-10-6-11-14(7-12(10)18)19-13-5-3-2-4-9(13)16-11;1-16(2)9-3-5-11-13(7-9)18-14-8-10(17)4-6-12(14)15-11;1-7-6-9-13(11(14)12(7)16)17-10-5-3-2-4-8(10)15-9;2*1-8-6-10-13(7-11(8)15)16-12-5-3-2-4-9(12)14-10;13-7-5-9-12(6-10(7)15)16-11-4-2-1-3-8(11)14-9;2*14-8-5-6-10-12(7-8)15-11-4-2-1-3-9(11)13-10/h2-7H,1H3,(H,15,17);3-8H,1-2H3;2-6H,1H3;2*2-7H,1H3;1-6H,13H2;2*1-7H. The number of benzene rings is 16. The monoisotopic (exact) mass is 1880 g/mol. The largest absolute Gasteiger partial charge is 0.453 e. The number of rotatable bonds is 2. The Morgan fingerprint density at radius 3 is 1.18 bits per heavy atom. The first-order chi connectivity index (χ1) is 63.8. The summed E-state index contributed by atoms with van der Waals surface area (Å²) >= 11 is 9.79. The third kappa shape index (κ3) is 20.1. The highest BCUT2D eigenvalue weighted by Crippen LogP contribution is 2.38. The first-order valence-electron chi connectivity index (χ1n) is 40.7. The molecule has 8 aromatic carbocycles. The average molecular weight is 1880 g/mol. The van der Waals surface area contributed by atoms with Gasteiger partial charge in [0.15, 0.2) is 77.9 Å². The van der Waals surface area contributed by atoms with Crippen molar-refractivity contribution in [2.75, 3.05) is 30.0 Å². The molecule has 8 aliphatic heterocycles. The smallest absolute Gasteiger partial charge is 0.221 e. The Hall–Kier alpha value is -16.1. The van der Waals surface area contributed by atoms with Gasteiger partial charge in [-0.05, 0) is 223 Å². The number of aromatic nitrogens is 8.